The molecule has 0 bridgehead atoms. The number of ether oxygens (including phenoxy) is 1. The lowest BCUT2D eigenvalue weighted by atomic mass is 10.0. The highest BCUT2D eigenvalue weighted by molar-refractivity contribution is 6.06. The number of benzene rings is 2. The maximum absolute atomic E-state index is 13.3. The molecule has 1 fully saturated rings. The molecule has 0 atom stereocenters. The van der Waals surface area contributed by atoms with Gasteiger partial charge in [-0.2, -0.15) is 5.10 Å². The summed E-state index contributed by atoms with van der Waals surface area (Å²) >= 11 is 0. The van der Waals surface area contributed by atoms with Crippen molar-refractivity contribution in [1.29, 1.82) is 0 Å². The monoisotopic (exact) mass is 402 g/mol. The van der Waals surface area contributed by atoms with E-state index in [1.54, 1.807) is 42.5 Å². The van der Waals surface area contributed by atoms with Gasteiger partial charge in [0.2, 0.25) is 0 Å². The number of nitrogens with one attached hydrogen (secondary N) is 1. The molecule has 1 amide bonds. The van der Waals surface area contributed by atoms with Crippen LogP contribution in [0.15, 0.2) is 67.1 Å². The van der Waals surface area contributed by atoms with Crippen molar-refractivity contribution in [3.8, 4) is 11.4 Å². The summed E-state index contributed by atoms with van der Waals surface area (Å²) in [5.74, 6) is 0.268. The van der Waals surface area contributed by atoms with Crippen LogP contribution in [-0.4, -0.2) is 27.8 Å². The Labute approximate surface area is 172 Å². The fraction of sp³-hybridized carbons (Fsp3) is 0.174. The summed E-state index contributed by atoms with van der Waals surface area (Å²) in [5.41, 5.74) is 2.53. The zero-order valence-corrected chi connectivity index (χ0v) is 16.3. The normalized spacial score (nSPS) is 14.5. The van der Waals surface area contributed by atoms with Crippen molar-refractivity contribution in [2.45, 2.75) is 18.4 Å². The first-order valence-electron chi connectivity index (χ1n) is 9.64. The lowest BCUT2D eigenvalue weighted by molar-refractivity contribution is 0.0932. The van der Waals surface area contributed by atoms with Gasteiger partial charge < -0.3 is 10.1 Å². The van der Waals surface area contributed by atoms with Crippen molar-refractivity contribution in [1.82, 2.24) is 20.1 Å². The third-order valence-corrected chi connectivity index (χ3v) is 5.56. The van der Waals surface area contributed by atoms with E-state index >= 15 is 0 Å². The molecule has 0 unspecified atom stereocenters. The number of carbonyl (C=O) groups is 1. The lowest BCUT2D eigenvalue weighted by Gasteiger charge is -2.18. The van der Waals surface area contributed by atoms with E-state index in [-0.39, 0.29) is 17.3 Å². The van der Waals surface area contributed by atoms with Crippen LogP contribution in [-0.2, 0) is 5.54 Å². The maximum atomic E-state index is 13.3. The molecule has 30 heavy (non-hydrogen) atoms. The van der Waals surface area contributed by atoms with Crippen LogP contribution in [0, 0.1) is 5.82 Å². The molecule has 0 radical (unpaired) electrons. The number of nitrogens with zero attached hydrogens (tertiary/aromatic N) is 3. The highest BCUT2D eigenvalue weighted by Crippen LogP contribution is 2.46. The van der Waals surface area contributed by atoms with Crippen LogP contribution in [0.3, 0.4) is 0 Å². The Hall–Kier alpha value is -3.74. The van der Waals surface area contributed by atoms with Crippen molar-refractivity contribution in [2.24, 2.45) is 0 Å². The molecule has 0 aliphatic heterocycles. The zero-order valence-electron chi connectivity index (χ0n) is 16.3. The van der Waals surface area contributed by atoms with Gasteiger partial charge in [-0.25, -0.2) is 9.07 Å². The maximum Gasteiger partial charge on any atom is 0.254 e. The molecule has 1 saturated carbocycles. The molecule has 1 N–H and O–H groups in total. The molecule has 5 rings (SSSR count). The highest BCUT2D eigenvalue weighted by atomic mass is 19.1. The minimum absolute atomic E-state index is 0.194. The molecule has 1 aliphatic rings. The van der Waals surface area contributed by atoms with E-state index in [4.69, 9.17) is 4.74 Å². The first-order chi connectivity index (χ1) is 14.6. The Morgan fingerprint density at radius 2 is 1.80 bits per heavy atom. The summed E-state index contributed by atoms with van der Waals surface area (Å²) in [4.78, 5) is 17.4. The van der Waals surface area contributed by atoms with Gasteiger partial charge in [-0.1, -0.05) is 12.1 Å². The molecule has 1 aliphatic carbocycles. The minimum Gasteiger partial charge on any atom is -0.497 e. The fourth-order valence-electron chi connectivity index (χ4n) is 3.72. The average Bonchev–Trinajstić information content (AvgIpc) is 3.43. The number of fused-ring (bicyclic) bond motifs is 1. The number of methoxy groups -OCH3 is 1. The number of aromatic nitrogens is 3. The van der Waals surface area contributed by atoms with Crippen LogP contribution in [0.1, 0.15) is 28.8 Å². The largest absolute Gasteiger partial charge is 0.497 e. The molecule has 0 spiro atoms. The minimum atomic E-state index is -0.363. The van der Waals surface area contributed by atoms with Crippen LogP contribution in [0.5, 0.6) is 5.75 Å². The number of rotatable bonds is 5. The molecule has 2 aromatic heterocycles. The average molecular weight is 402 g/mol. The predicted molar refractivity (Wildman–Crippen MR) is 110 cm³/mol. The van der Waals surface area contributed by atoms with Gasteiger partial charge in [-0.3, -0.25) is 9.78 Å². The van der Waals surface area contributed by atoms with Crippen molar-refractivity contribution in [2.75, 3.05) is 7.11 Å². The van der Waals surface area contributed by atoms with E-state index in [2.05, 4.69) is 15.4 Å². The Morgan fingerprint density at radius 3 is 2.47 bits per heavy atom. The number of pyridine rings is 1. The number of hydrogen-bond donors (Lipinski definition) is 1. The molecule has 2 aromatic carbocycles. The van der Waals surface area contributed by atoms with Crippen LogP contribution in [0.4, 0.5) is 4.39 Å². The standard InChI is InChI=1S/C23H19FN4O2/c1-30-18-8-2-15(3-9-18)23(10-11-23)27-22(29)20-12-25-14-21-19(20)13-26-28(21)17-6-4-16(24)5-7-17/h2-9,12-14H,10-11H2,1H3,(H,27,29). The van der Waals surface area contributed by atoms with E-state index in [9.17, 15) is 9.18 Å². The molecule has 0 saturated heterocycles. The van der Waals surface area contributed by atoms with Gasteiger partial charge in [-0.05, 0) is 54.8 Å². The lowest BCUT2D eigenvalue weighted by Crippen LogP contribution is -2.35. The van der Waals surface area contributed by atoms with E-state index in [1.807, 2.05) is 24.3 Å². The van der Waals surface area contributed by atoms with Gasteiger partial charge in [-0.15, -0.1) is 0 Å². The molecule has 6 nitrogen and oxygen atoms in total. The van der Waals surface area contributed by atoms with Gasteiger partial charge in [0.25, 0.3) is 5.91 Å². The van der Waals surface area contributed by atoms with E-state index in [1.165, 1.54) is 12.1 Å². The van der Waals surface area contributed by atoms with Gasteiger partial charge in [0.1, 0.15) is 11.6 Å². The molecule has 150 valence electrons. The quantitative estimate of drug-likeness (QED) is 0.548. The van der Waals surface area contributed by atoms with Crippen molar-refractivity contribution >= 4 is 16.8 Å². The van der Waals surface area contributed by atoms with Crippen LogP contribution in [0.25, 0.3) is 16.6 Å². The highest BCUT2D eigenvalue weighted by Gasteiger charge is 2.46. The summed E-state index contributed by atoms with van der Waals surface area (Å²) in [6.07, 6.45) is 6.60. The second-order valence-electron chi connectivity index (χ2n) is 7.42. The Morgan fingerprint density at radius 1 is 1.07 bits per heavy atom. The molecular formula is C23H19FN4O2. The Kier molecular flexibility index (Phi) is 4.24. The van der Waals surface area contributed by atoms with Crippen molar-refractivity contribution in [3.05, 3.63) is 84.1 Å². The predicted octanol–water partition coefficient (Wildman–Crippen LogP) is 3.99. The Balaban J connectivity index is 1.46. The van der Waals surface area contributed by atoms with Crippen LogP contribution in [0.2, 0.25) is 0 Å². The molecule has 2 heterocycles. The summed E-state index contributed by atoms with van der Waals surface area (Å²) < 4.78 is 20.1. The topological polar surface area (TPSA) is 69.0 Å². The summed E-state index contributed by atoms with van der Waals surface area (Å²) in [5, 5.41) is 8.26. The third-order valence-electron chi connectivity index (χ3n) is 5.56. The summed E-state index contributed by atoms with van der Waals surface area (Å²) in [6.45, 7) is 0. The smallest absolute Gasteiger partial charge is 0.254 e. The number of amides is 1. The van der Waals surface area contributed by atoms with Gasteiger partial charge >= 0.3 is 0 Å². The zero-order chi connectivity index (χ0) is 20.7. The van der Waals surface area contributed by atoms with Crippen LogP contribution < -0.4 is 10.1 Å². The van der Waals surface area contributed by atoms with E-state index in [0.29, 0.717) is 22.2 Å². The van der Waals surface area contributed by atoms with Gasteiger partial charge in [0.15, 0.2) is 0 Å². The molecule has 4 aromatic rings. The molecular weight excluding hydrogens is 383 g/mol. The first kappa shape index (κ1) is 18.3. The van der Waals surface area contributed by atoms with Gasteiger partial charge in [0.05, 0.1) is 41.8 Å². The second-order valence-corrected chi connectivity index (χ2v) is 7.42. The SMILES string of the molecule is COc1ccc(C2(NC(=O)c3cncc4c3cnn4-c3ccc(F)cc3)CC2)cc1. The van der Waals surface area contributed by atoms with Crippen molar-refractivity contribution in [3.63, 3.8) is 0 Å². The summed E-state index contributed by atoms with van der Waals surface area (Å²) in [7, 11) is 1.63. The molecule has 7 heteroatoms. The number of halogens is 1. The third kappa shape index (κ3) is 3.08. The number of carbonyl (C=O) groups excluding carboxylic acids is 1. The van der Waals surface area contributed by atoms with E-state index < -0.39 is 0 Å². The number of hydrogen-bond acceptors (Lipinski definition) is 4. The van der Waals surface area contributed by atoms with E-state index in [0.717, 1.165) is 24.2 Å². The first-order valence-corrected chi connectivity index (χ1v) is 9.64. The van der Waals surface area contributed by atoms with Crippen molar-refractivity contribution < 1.29 is 13.9 Å². The second kappa shape index (κ2) is 6.95. The van der Waals surface area contributed by atoms with Gasteiger partial charge in [0, 0.05) is 11.6 Å². The van der Waals surface area contributed by atoms with Crippen LogP contribution >= 0.6 is 0 Å². The fourth-order valence-corrected chi connectivity index (χ4v) is 3.72. The Bertz CT molecular complexity index is 1230. The summed E-state index contributed by atoms with van der Waals surface area (Å²) in [6, 6.07) is 13.8.